The number of carbonyl (C=O) groups is 1. The first-order valence-corrected chi connectivity index (χ1v) is 14.0. The van der Waals surface area contributed by atoms with Crippen LogP contribution < -0.4 is 14.8 Å². The summed E-state index contributed by atoms with van der Waals surface area (Å²) < 4.78 is 13.4. The molecule has 0 radical (unpaired) electrons. The summed E-state index contributed by atoms with van der Waals surface area (Å²) in [6, 6.07) is 20.2. The maximum absolute atomic E-state index is 12.7. The second kappa shape index (κ2) is 13.0. The molecule has 1 heterocycles. The first-order chi connectivity index (χ1) is 18.0. The third kappa shape index (κ3) is 7.26. The molecule has 0 unspecified atom stereocenters. The Labute approximate surface area is 236 Å². The van der Waals surface area contributed by atoms with E-state index in [1.807, 2.05) is 43.3 Å². The van der Waals surface area contributed by atoms with Crippen molar-refractivity contribution in [3.8, 4) is 11.5 Å². The summed E-state index contributed by atoms with van der Waals surface area (Å²) in [5, 5.41) is 3.43. The molecule has 0 bridgehead atoms. The van der Waals surface area contributed by atoms with Gasteiger partial charge in [0.05, 0.1) is 17.2 Å². The monoisotopic (exact) mass is 624 g/mol. The molecule has 3 aromatic rings. The molecule has 1 saturated heterocycles. The fourth-order valence-electron chi connectivity index (χ4n) is 3.79. The van der Waals surface area contributed by atoms with Crippen LogP contribution in [-0.2, 0) is 24.2 Å². The van der Waals surface area contributed by atoms with Crippen molar-refractivity contribution in [2.75, 3.05) is 6.61 Å². The van der Waals surface area contributed by atoms with Gasteiger partial charge < -0.3 is 14.8 Å². The largest absolute Gasteiger partial charge is 0.490 e. The van der Waals surface area contributed by atoms with Crippen LogP contribution in [0.4, 0.5) is 5.69 Å². The minimum absolute atomic E-state index is 0.170. The van der Waals surface area contributed by atoms with E-state index in [4.69, 9.17) is 9.47 Å². The number of rotatable bonds is 10. The number of hydrogen-bond acceptors (Lipinski definition) is 5. The number of halogens is 1. The fourth-order valence-corrected chi connectivity index (χ4v) is 4.99. The normalized spacial score (nSPS) is 15.2. The average Bonchev–Trinajstić information content (AvgIpc) is 3.23. The topological polar surface area (TPSA) is 59.9 Å². The molecule has 0 spiro atoms. The molecular weight excluding hydrogens is 595 g/mol. The van der Waals surface area contributed by atoms with E-state index in [0.717, 1.165) is 28.8 Å². The summed E-state index contributed by atoms with van der Waals surface area (Å²) in [7, 11) is 0. The quantitative estimate of drug-likeness (QED) is 0.145. The number of aryl methyl sites for hydroxylation is 1. The van der Waals surface area contributed by atoms with Crippen molar-refractivity contribution in [2.45, 2.75) is 33.3 Å². The van der Waals surface area contributed by atoms with Crippen molar-refractivity contribution in [1.29, 1.82) is 0 Å². The zero-order valence-corrected chi connectivity index (χ0v) is 23.9. The van der Waals surface area contributed by atoms with Crippen molar-refractivity contribution in [3.05, 3.63) is 104 Å². The lowest BCUT2D eigenvalue weighted by Gasteiger charge is -2.17. The van der Waals surface area contributed by atoms with Crippen LogP contribution in [0.15, 0.2) is 83.2 Å². The smallest absolute Gasteiger partial charge is 0.264 e. The number of carbonyl (C=O) groups excluding carboxylic acids is 1. The lowest BCUT2D eigenvalue weighted by molar-refractivity contribution is -0.115. The molecule has 0 atom stereocenters. The van der Waals surface area contributed by atoms with E-state index in [1.165, 1.54) is 20.9 Å². The molecule has 7 heteroatoms. The molecule has 1 N–H and O–H groups in total. The van der Waals surface area contributed by atoms with Crippen molar-refractivity contribution in [3.63, 3.8) is 0 Å². The third-order valence-electron chi connectivity index (χ3n) is 5.64. The summed E-state index contributed by atoms with van der Waals surface area (Å²) in [6.45, 7) is 8.89. The van der Waals surface area contributed by atoms with Gasteiger partial charge in [-0.2, -0.15) is 0 Å². The van der Waals surface area contributed by atoms with Gasteiger partial charge in [0.25, 0.3) is 5.91 Å². The highest BCUT2D eigenvalue weighted by Gasteiger charge is 2.24. The third-order valence-corrected chi connectivity index (χ3v) is 7.27. The Bertz CT molecular complexity index is 1330. The Morgan fingerprint density at radius 2 is 1.76 bits per heavy atom. The number of amides is 1. The standard InChI is InChI=1S/C30H29IN2O3S/c1-4-7-23-16-22(17-26(35-6-3)28(23)36-19-21-8-12-24(31)13-9-21)18-27-29(34)33-30(37-27)32-25-14-10-20(5-2)11-15-25/h4,8-18H,1,5-7,19H2,2-3H3,(H,32,33,34)/b27-18-. The molecule has 5 nitrogen and oxygen atoms in total. The zero-order valence-electron chi connectivity index (χ0n) is 20.9. The molecule has 37 heavy (non-hydrogen) atoms. The van der Waals surface area contributed by atoms with E-state index in [1.54, 1.807) is 0 Å². The van der Waals surface area contributed by atoms with Crippen LogP contribution in [-0.4, -0.2) is 17.7 Å². The Balaban J connectivity index is 1.59. The van der Waals surface area contributed by atoms with Gasteiger partial charge in [0, 0.05) is 9.13 Å². The van der Waals surface area contributed by atoms with E-state index in [0.29, 0.717) is 41.2 Å². The molecule has 1 aliphatic heterocycles. The number of nitrogens with one attached hydrogen (secondary N) is 1. The second-order valence-electron chi connectivity index (χ2n) is 8.35. The Morgan fingerprint density at radius 1 is 1.03 bits per heavy atom. The summed E-state index contributed by atoms with van der Waals surface area (Å²) in [5.41, 5.74) is 4.94. The minimum Gasteiger partial charge on any atom is -0.490 e. The van der Waals surface area contributed by atoms with Gasteiger partial charge in [-0.15, -0.1) is 6.58 Å². The van der Waals surface area contributed by atoms with E-state index < -0.39 is 0 Å². The number of amidine groups is 1. The maximum atomic E-state index is 12.7. The highest BCUT2D eigenvalue weighted by molar-refractivity contribution is 14.1. The number of aliphatic imine (C=N–C) groups is 1. The van der Waals surface area contributed by atoms with Gasteiger partial charge in [-0.05, 0) is 113 Å². The van der Waals surface area contributed by atoms with E-state index in [2.05, 4.69) is 82.8 Å². The van der Waals surface area contributed by atoms with Crippen molar-refractivity contribution < 1.29 is 14.3 Å². The number of nitrogens with zero attached hydrogens (tertiary/aromatic N) is 1. The summed E-state index contributed by atoms with van der Waals surface area (Å²) in [4.78, 5) is 17.9. The molecule has 190 valence electrons. The predicted molar refractivity (Wildman–Crippen MR) is 162 cm³/mol. The van der Waals surface area contributed by atoms with Gasteiger partial charge >= 0.3 is 0 Å². The molecule has 3 aromatic carbocycles. The Hall–Kier alpha value is -3.04. The molecule has 0 saturated carbocycles. The Morgan fingerprint density at radius 3 is 2.43 bits per heavy atom. The van der Waals surface area contributed by atoms with Crippen LogP contribution >= 0.6 is 34.4 Å². The molecule has 4 rings (SSSR count). The molecular formula is C30H29IN2O3S. The molecule has 1 aliphatic rings. The lowest BCUT2D eigenvalue weighted by Crippen LogP contribution is -2.19. The van der Waals surface area contributed by atoms with Crippen molar-refractivity contribution in [1.82, 2.24) is 5.32 Å². The van der Waals surface area contributed by atoms with Gasteiger partial charge in [-0.25, -0.2) is 4.99 Å². The first-order valence-electron chi connectivity index (χ1n) is 12.2. The summed E-state index contributed by atoms with van der Waals surface area (Å²) in [6.07, 6.45) is 5.28. The number of ether oxygens (including phenoxy) is 2. The SMILES string of the molecule is C=CCc1cc(/C=C2\SC(=Nc3ccc(CC)cc3)NC2=O)cc(OCC)c1OCc1ccc(I)cc1. The Kier molecular flexibility index (Phi) is 9.46. The summed E-state index contributed by atoms with van der Waals surface area (Å²) >= 11 is 3.62. The van der Waals surface area contributed by atoms with Crippen LogP contribution in [0.2, 0.25) is 0 Å². The van der Waals surface area contributed by atoms with Crippen LogP contribution in [0.3, 0.4) is 0 Å². The predicted octanol–water partition coefficient (Wildman–Crippen LogP) is 7.45. The fraction of sp³-hybridized carbons (Fsp3) is 0.200. The molecule has 0 aromatic heterocycles. The maximum Gasteiger partial charge on any atom is 0.264 e. The van der Waals surface area contributed by atoms with Crippen molar-refractivity contribution >= 4 is 57.2 Å². The van der Waals surface area contributed by atoms with E-state index in [9.17, 15) is 4.79 Å². The van der Waals surface area contributed by atoms with E-state index in [-0.39, 0.29) is 5.91 Å². The number of thioether (sulfide) groups is 1. The highest BCUT2D eigenvalue weighted by Crippen LogP contribution is 2.37. The van der Waals surface area contributed by atoms with Crippen LogP contribution in [0.5, 0.6) is 11.5 Å². The summed E-state index contributed by atoms with van der Waals surface area (Å²) in [5.74, 6) is 1.17. The second-order valence-corrected chi connectivity index (χ2v) is 10.6. The molecule has 1 amide bonds. The van der Waals surface area contributed by atoms with Crippen LogP contribution in [0.1, 0.15) is 36.1 Å². The van der Waals surface area contributed by atoms with Crippen LogP contribution in [0.25, 0.3) is 6.08 Å². The van der Waals surface area contributed by atoms with Crippen LogP contribution in [0, 0.1) is 3.57 Å². The first kappa shape index (κ1) is 27.0. The molecule has 0 aliphatic carbocycles. The minimum atomic E-state index is -0.170. The van der Waals surface area contributed by atoms with Gasteiger partial charge in [-0.3, -0.25) is 4.79 Å². The number of hydrogen-bond donors (Lipinski definition) is 1. The highest BCUT2D eigenvalue weighted by atomic mass is 127. The zero-order chi connectivity index (χ0) is 26.2. The number of allylic oxidation sites excluding steroid dienone is 1. The van der Waals surface area contributed by atoms with Gasteiger partial charge in [-0.1, -0.05) is 37.3 Å². The lowest BCUT2D eigenvalue weighted by atomic mass is 10.0. The van der Waals surface area contributed by atoms with Gasteiger partial charge in [0.15, 0.2) is 16.7 Å². The van der Waals surface area contributed by atoms with E-state index >= 15 is 0 Å². The van der Waals surface area contributed by atoms with Gasteiger partial charge in [0.1, 0.15) is 6.61 Å². The van der Waals surface area contributed by atoms with Crippen molar-refractivity contribution in [2.24, 2.45) is 4.99 Å². The number of benzene rings is 3. The molecule has 1 fully saturated rings. The average molecular weight is 625 g/mol. The van der Waals surface area contributed by atoms with Gasteiger partial charge in [0.2, 0.25) is 0 Å².